The van der Waals surface area contributed by atoms with Crippen LogP contribution >= 0.6 is 0 Å². The van der Waals surface area contributed by atoms with Crippen molar-refractivity contribution in [2.24, 2.45) is 11.8 Å². The van der Waals surface area contributed by atoms with Gasteiger partial charge in [-0.2, -0.15) is 13.2 Å². The first-order chi connectivity index (χ1) is 9.39. The van der Waals surface area contributed by atoms with Gasteiger partial charge in [0, 0.05) is 31.8 Å². The average Bonchev–Trinajstić information content (AvgIpc) is 2.34. The van der Waals surface area contributed by atoms with Crippen molar-refractivity contribution in [2.75, 3.05) is 26.2 Å². The molecule has 2 fully saturated rings. The zero-order chi connectivity index (χ0) is 14.8. The molecular formula is C14H25F3N2O. The zero-order valence-corrected chi connectivity index (χ0v) is 12.0. The summed E-state index contributed by atoms with van der Waals surface area (Å²) in [5, 5.41) is 11.7. The summed E-state index contributed by atoms with van der Waals surface area (Å²) in [5.41, 5.74) is 0. The molecule has 0 bridgehead atoms. The van der Waals surface area contributed by atoms with Crippen LogP contribution in [0.1, 0.15) is 32.6 Å². The molecule has 0 aromatic rings. The zero-order valence-electron chi connectivity index (χ0n) is 12.0. The Morgan fingerprint density at radius 3 is 2.50 bits per heavy atom. The van der Waals surface area contributed by atoms with Gasteiger partial charge in [-0.3, -0.25) is 4.90 Å². The molecule has 1 heterocycles. The Labute approximate surface area is 118 Å². The topological polar surface area (TPSA) is 35.5 Å². The van der Waals surface area contributed by atoms with Crippen LogP contribution in [0.2, 0.25) is 0 Å². The van der Waals surface area contributed by atoms with Crippen molar-refractivity contribution < 1.29 is 18.3 Å². The van der Waals surface area contributed by atoms with Crippen molar-refractivity contribution in [3.05, 3.63) is 0 Å². The van der Waals surface area contributed by atoms with Gasteiger partial charge in [0.05, 0.1) is 6.54 Å². The lowest BCUT2D eigenvalue weighted by Crippen LogP contribution is -2.57. The summed E-state index contributed by atoms with van der Waals surface area (Å²) in [7, 11) is 0. The van der Waals surface area contributed by atoms with Crippen molar-refractivity contribution in [3.63, 3.8) is 0 Å². The van der Waals surface area contributed by atoms with Gasteiger partial charge in [-0.25, -0.2) is 0 Å². The van der Waals surface area contributed by atoms with Crippen molar-refractivity contribution in [1.82, 2.24) is 10.2 Å². The minimum atomic E-state index is -4.15. The van der Waals surface area contributed by atoms with Crippen molar-refractivity contribution in [1.29, 1.82) is 0 Å². The molecule has 0 amide bonds. The van der Waals surface area contributed by atoms with Gasteiger partial charge in [-0.15, -0.1) is 0 Å². The molecule has 0 aromatic heterocycles. The molecule has 0 aromatic carbocycles. The second kappa shape index (κ2) is 6.62. The molecule has 2 aliphatic rings. The number of hydrogen-bond donors (Lipinski definition) is 2. The SMILES string of the molecule is CC1CCC1N1CC(CCO)CC(NCC(F)(F)F)C1. The van der Waals surface area contributed by atoms with Crippen LogP contribution in [-0.2, 0) is 0 Å². The Hall–Kier alpha value is -0.330. The number of aliphatic hydroxyl groups excluding tert-OH is 1. The van der Waals surface area contributed by atoms with E-state index in [9.17, 15) is 13.2 Å². The van der Waals surface area contributed by atoms with E-state index >= 15 is 0 Å². The fraction of sp³-hybridized carbons (Fsp3) is 1.00. The van der Waals surface area contributed by atoms with Crippen LogP contribution in [0.3, 0.4) is 0 Å². The van der Waals surface area contributed by atoms with Gasteiger partial charge in [-0.1, -0.05) is 6.92 Å². The molecule has 0 radical (unpaired) electrons. The minimum absolute atomic E-state index is 0.116. The summed E-state index contributed by atoms with van der Waals surface area (Å²) in [6.45, 7) is 3.02. The maximum atomic E-state index is 12.3. The van der Waals surface area contributed by atoms with E-state index in [0.717, 1.165) is 19.4 Å². The van der Waals surface area contributed by atoms with Crippen LogP contribution in [0.15, 0.2) is 0 Å². The fourth-order valence-electron chi connectivity index (χ4n) is 3.50. The lowest BCUT2D eigenvalue weighted by atomic mass is 9.78. The highest BCUT2D eigenvalue weighted by atomic mass is 19.4. The molecule has 6 heteroatoms. The highest BCUT2D eigenvalue weighted by Crippen LogP contribution is 2.34. The third kappa shape index (κ3) is 4.33. The first-order valence-corrected chi connectivity index (χ1v) is 7.54. The van der Waals surface area contributed by atoms with Gasteiger partial charge in [-0.05, 0) is 37.5 Å². The smallest absolute Gasteiger partial charge is 0.396 e. The van der Waals surface area contributed by atoms with Gasteiger partial charge in [0.2, 0.25) is 0 Å². The normalized spacial score (nSPS) is 35.9. The molecule has 1 aliphatic heterocycles. The number of rotatable bonds is 5. The highest BCUT2D eigenvalue weighted by molar-refractivity contribution is 4.93. The Morgan fingerprint density at radius 1 is 1.25 bits per heavy atom. The van der Waals surface area contributed by atoms with Crippen molar-refractivity contribution >= 4 is 0 Å². The molecule has 3 nitrogen and oxygen atoms in total. The average molecular weight is 294 g/mol. The largest absolute Gasteiger partial charge is 0.401 e. The van der Waals surface area contributed by atoms with Crippen LogP contribution in [0, 0.1) is 11.8 Å². The fourth-order valence-corrected chi connectivity index (χ4v) is 3.50. The predicted molar refractivity (Wildman–Crippen MR) is 71.4 cm³/mol. The molecule has 4 atom stereocenters. The Kier molecular flexibility index (Phi) is 5.31. The third-order valence-corrected chi connectivity index (χ3v) is 4.74. The molecule has 20 heavy (non-hydrogen) atoms. The summed E-state index contributed by atoms with van der Waals surface area (Å²) < 4.78 is 37.0. The molecule has 118 valence electrons. The van der Waals surface area contributed by atoms with Gasteiger partial charge in [0.1, 0.15) is 0 Å². The number of halogens is 3. The number of aliphatic hydroxyl groups is 1. The third-order valence-electron chi connectivity index (χ3n) is 4.74. The van der Waals surface area contributed by atoms with Crippen LogP contribution < -0.4 is 5.32 Å². The van der Waals surface area contributed by atoms with Crippen LogP contribution in [-0.4, -0.2) is 54.5 Å². The number of piperidine rings is 1. The van der Waals surface area contributed by atoms with E-state index in [1.54, 1.807) is 0 Å². The lowest BCUT2D eigenvalue weighted by Gasteiger charge is -2.48. The summed E-state index contributed by atoms with van der Waals surface area (Å²) in [6.07, 6.45) is -0.375. The van der Waals surface area contributed by atoms with E-state index in [4.69, 9.17) is 5.11 Å². The van der Waals surface area contributed by atoms with Gasteiger partial charge in [0.25, 0.3) is 0 Å². The first kappa shape index (κ1) is 16.0. The predicted octanol–water partition coefficient (Wildman–Crippen LogP) is 2.01. The maximum Gasteiger partial charge on any atom is 0.401 e. The highest BCUT2D eigenvalue weighted by Gasteiger charge is 2.38. The number of likely N-dealkylation sites (tertiary alicyclic amines) is 1. The molecular weight excluding hydrogens is 269 g/mol. The second-order valence-corrected chi connectivity index (χ2v) is 6.38. The number of nitrogens with zero attached hydrogens (tertiary/aromatic N) is 1. The van der Waals surface area contributed by atoms with Crippen molar-refractivity contribution in [3.8, 4) is 0 Å². The molecule has 2 N–H and O–H groups in total. The van der Waals surface area contributed by atoms with Gasteiger partial charge in [0.15, 0.2) is 0 Å². The van der Waals surface area contributed by atoms with Crippen LogP contribution in [0.4, 0.5) is 13.2 Å². The van der Waals surface area contributed by atoms with E-state index in [2.05, 4.69) is 17.1 Å². The van der Waals surface area contributed by atoms with Gasteiger partial charge < -0.3 is 10.4 Å². The van der Waals surface area contributed by atoms with Crippen molar-refractivity contribution in [2.45, 2.75) is 50.9 Å². The number of nitrogens with one attached hydrogen (secondary N) is 1. The molecule has 1 saturated carbocycles. The van der Waals surface area contributed by atoms with Gasteiger partial charge >= 0.3 is 6.18 Å². The Bertz CT molecular complexity index is 311. The summed E-state index contributed by atoms with van der Waals surface area (Å²) in [4.78, 5) is 2.34. The second-order valence-electron chi connectivity index (χ2n) is 6.38. The van der Waals surface area contributed by atoms with Crippen LogP contribution in [0.25, 0.3) is 0 Å². The Balaban J connectivity index is 1.90. The minimum Gasteiger partial charge on any atom is -0.396 e. The van der Waals surface area contributed by atoms with E-state index in [1.807, 2.05) is 0 Å². The van der Waals surface area contributed by atoms with E-state index < -0.39 is 12.7 Å². The maximum absolute atomic E-state index is 12.3. The lowest BCUT2D eigenvalue weighted by molar-refractivity contribution is -0.128. The number of alkyl halides is 3. The van der Waals surface area contributed by atoms with Crippen LogP contribution in [0.5, 0.6) is 0 Å². The molecule has 0 spiro atoms. The monoisotopic (exact) mass is 294 g/mol. The quantitative estimate of drug-likeness (QED) is 0.814. The first-order valence-electron chi connectivity index (χ1n) is 7.54. The van der Waals surface area contributed by atoms with E-state index in [0.29, 0.717) is 30.8 Å². The summed E-state index contributed by atoms with van der Waals surface area (Å²) in [5.74, 6) is 0.943. The molecule has 4 unspecified atom stereocenters. The molecule has 1 aliphatic carbocycles. The Morgan fingerprint density at radius 2 is 2.00 bits per heavy atom. The standard InChI is InChI=1S/C14H25F3N2O/c1-10-2-3-13(10)19-7-11(4-5-20)6-12(8-19)18-9-14(15,16)17/h10-13,18,20H,2-9H2,1H3. The molecule has 1 saturated heterocycles. The van der Waals surface area contributed by atoms with E-state index in [-0.39, 0.29) is 12.6 Å². The summed E-state index contributed by atoms with van der Waals surface area (Å²) in [6, 6.07) is 0.404. The number of hydrogen-bond acceptors (Lipinski definition) is 3. The summed E-state index contributed by atoms with van der Waals surface area (Å²) >= 11 is 0. The molecule has 2 rings (SSSR count). The van der Waals surface area contributed by atoms with E-state index in [1.165, 1.54) is 6.42 Å².